The highest BCUT2D eigenvalue weighted by molar-refractivity contribution is 5.91. The van der Waals surface area contributed by atoms with Crippen molar-refractivity contribution in [1.29, 1.82) is 0 Å². The molecule has 1 aliphatic rings. The Bertz CT molecular complexity index is 654. The van der Waals surface area contributed by atoms with Gasteiger partial charge < -0.3 is 14.8 Å². The highest BCUT2D eigenvalue weighted by Gasteiger charge is 2.25. The van der Waals surface area contributed by atoms with E-state index >= 15 is 0 Å². The van der Waals surface area contributed by atoms with Crippen molar-refractivity contribution in [2.75, 3.05) is 19.0 Å². The molecule has 0 radical (unpaired) electrons. The number of ether oxygens (including phenoxy) is 2. The standard InChI is InChI=1S/C17H17NO3/c1-20-14-6-4-5-13(10-14)18-17(19)9-12-11-21-16-8-3-2-7-15(12)16/h2-8,10,12H,9,11H2,1H3,(H,18,19). The van der Waals surface area contributed by atoms with E-state index in [1.165, 1.54) is 0 Å². The van der Waals surface area contributed by atoms with Crippen LogP contribution in [0, 0.1) is 0 Å². The number of hydrogen-bond donors (Lipinski definition) is 1. The summed E-state index contributed by atoms with van der Waals surface area (Å²) in [4.78, 5) is 12.2. The molecule has 21 heavy (non-hydrogen) atoms. The molecular formula is C17H17NO3. The molecule has 0 bridgehead atoms. The van der Waals surface area contributed by atoms with Crippen LogP contribution < -0.4 is 14.8 Å². The fourth-order valence-electron chi connectivity index (χ4n) is 2.53. The second-order valence-corrected chi connectivity index (χ2v) is 5.03. The monoisotopic (exact) mass is 283 g/mol. The first-order chi connectivity index (χ1) is 10.3. The van der Waals surface area contributed by atoms with Crippen LogP contribution >= 0.6 is 0 Å². The van der Waals surface area contributed by atoms with Crippen LogP contribution in [0.4, 0.5) is 5.69 Å². The first-order valence-corrected chi connectivity index (χ1v) is 6.92. The smallest absolute Gasteiger partial charge is 0.225 e. The minimum absolute atomic E-state index is 0.0199. The highest BCUT2D eigenvalue weighted by Crippen LogP contribution is 2.35. The molecule has 2 aromatic rings. The Morgan fingerprint density at radius 3 is 3.00 bits per heavy atom. The van der Waals surface area contributed by atoms with Crippen molar-refractivity contribution in [3.8, 4) is 11.5 Å². The largest absolute Gasteiger partial charge is 0.497 e. The molecule has 0 aliphatic carbocycles. The number of rotatable bonds is 4. The lowest BCUT2D eigenvalue weighted by Gasteiger charge is -2.10. The van der Waals surface area contributed by atoms with E-state index in [9.17, 15) is 4.79 Å². The maximum absolute atomic E-state index is 12.2. The molecule has 1 heterocycles. The Morgan fingerprint density at radius 2 is 2.14 bits per heavy atom. The second-order valence-electron chi connectivity index (χ2n) is 5.03. The molecule has 1 aliphatic heterocycles. The van der Waals surface area contributed by atoms with Crippen molar-refractivity contribution in [3.05, 3.63) is 54.1 Å². The molecule has 0 saturated heterocycles. The molecule has 0 saturated carbocycles. The highest BCUT2D eigenvalue weighted by atomic mass is 16.5. The number of para-hydroxylation sites is 1. The van der Waals surface area contributed by atoms with Gasteiger partial charge in [0.2, 0.25) is 5.91 Å². The van der Waals surface area contributed by atoms with E-state index in [4.69, 9.17) is 9.47 Å². The van der Waals surface area contributed by atoms with Crippen LogP contribution in [-0.2, 0) is 4.79 Å². The third-order valence-electron chi connectivity index (χ3n) is 3.58. The Kier molecular flexibility index (Phi) is 3.77. The van der Waals surface area contributed by atoms with Crippen molar-refractivity contribution in [2.45, 2.75) is 12.3 Å². The van der Waals surface area contributed by atoms with Crippen LogP contribution in [0.2, 0.25) is 0 Å². The number of nitrogens with one attached hydrogen (secondary N) is 1. The van der Waals surface area contributed by atoms with Crippen molar-refractivity contribution >= 4 is 11.6 Å². The van der Waals surface area contributed by atoms with E-state index in [1.54, 1.807) is 13.2 Å². The topological polar surface area (TPSA) is 47.6 Å². The van der Waals surface area contributed by atoms with Crippen LogP contribution in [0.1, 0.15) is 17.9 Å². The first kappa shape index (κ1) is 13.5. The quantitative estimate of drug-likeness (QED) is 0.937. The van der Waals surface area contributed by atoms with Gasteiger partial charge in [-0.15, -0.1) is 0 Å². The molecule has 1 N–H and O–H groups in total. The summed E-state index contributed by atoms with van der Waals surface area (Å²) < 4.78 is 10.7. The summed E-state index contributed by atoms with van der Waals surface area (Å²) in [6.07, 6.45) is 0.411. The van der Waals surface area contributed by atoms with Gasteiger partial charge >= 0.3 is 0 Å². The molecule has 108 valence electrons. The minimum atomic E-state index is -0.0199. The van der Waals surface area contributed by atoms with E-state index in [2.05, 4.69) is 5.32 Å². The van der Waals surface area contributed by atoms with Gasteiger partial charge in [0.1, 0.15) is 11.5 Å². The predicted octanol–water partition coefficient (Wildman–Crippen LogP) is 3.20. The van der Waals surface area contributed by atoms with E-state index in [-0.39, 0.29) is 11.8 Å². The summed E-state index contributed by atoms with van der Waals surface area (Å²) >= 11 is 0. The number of carbonyl (C=O) groups excluding carboxylic acids is 1. The fourth-order valence-corrected chi connectivity index (χ4v) is 2.53. The fraction of sp³-hybridized carbons (Fsp3) is 0.235. The zero-order valence-electron chi connectivity index (χ0n) is 11.8. The Hall–Kier alpha value is -2.49. The summed E-state index contributed by atoms with van der Waals surface area (Å²) in [5, 5.41) is 2.90. The van der Waals surface area contributed by atoms with Gasteiger partial charge in [-0.3, -0.25) is 4.79 Å². The van der Waals surface area contributed by atoms with Crippen LogP contribution in [0.3, 0.4) is 0 Å². The lowest BCUT2D eigenvalue weighted by molar-refractivity contribution is -0.116. The van der Waals surface area contributed by atoms with Gasteiger partial charge in [0.05, 0.1) is 13.7 Å². The third-order valence-corrected chi connectivity index (χ3v) is 3.58. The molecule has 1 atom stereocenters. The van der Waals surface area contributed by atoms with Crippen molar-refractivity contribution < 1.29 is 14.3 Å². The lowest BCUT2D eigenvalue weighted by atomic mass is 9.97. The second kappa shape index (κ2) is 5.87. The summed E-state index contributed by atoms with van der Waals surface area (Å²) in [7, 11) is 1.60. The number of benzene rings is 2. The first-order valence-electron chi connectivity index (χ1n) is 6.92. The number of hydrogen-bond acceptors (Lipinski definition) is 3. The van der Waals surface area contributed by atoms with Crippen LogP contribution in [0.5, 0.6) is 11.5 Å². The number of anilines is 1. The van der Waals surface area contributed by atoms with Gasteiger partial charge in [0, 0.05) is 29.7 Å². The molecule has 3 rings (SSSR count). The Labute approximate surface area is 123 Å². The van der Waals surface area contributed by atoms with Gasteiger partial charge in [0.15, 0.2) is 0 Å². The molecule has 2 aromatic carbocycles. The third kappa shape index (κ3) is 2.99. The van der Waals surface area contributed by atoms with E-state index in [1.807, 2.05) is 42.5 Å². The van der Waals surface area contributed by atoms with E-state index in [0.29, 0.717) is 13.0 Å². The zero-order valence-corrected chi connectivity index (χ0v) is 11.8. The number of methoxy groups -OCH3 is 1. The maximum atomic E-state index is 12.2. The molecule has 0 spiro atoms. The van der Waals surface area contributed by atoms with Gasteiger partial charge in [-0.25, -0.2) is 0 Å². The maximum Gasteiger partial charge on any atom is 0.225 e. The predicted molar refractivity (Wildman–Crippen MR) is 80.9 cm³/mol. The molecule has 0 aromatic heterocycles. The Balaban J connectivity index is 1.65. The van der Waals surface area contributed by atoms with Gasteiger partial charge in [-0.2, -0.15) is 0 Å². The summed E-state index contributed by atoms with van der Waals surface area (Å²) in [6.45, 7) is 0.560. The minimum Gasteiger partial charge on any atom is -0.497 e. The molecule has 1 amide bonds. The summed E-state index contributed by atoms with van der Waals surface area (Å²) in [6, 6.07) is 15.2. The molecular weight excluding hydrogens is 266 g/mol. The van der Waals surface area contributed by atoms with Crippen LogP contribution in [-0.4, -0.2) is 19.6 Å². The van der Waals surface area contributed by atoms with E-state index in [0.717, 1.165) is 22.7 Å². The molecule has 4 heteroatoms. The normalized spacial score (nSPS) is 16.0. The number of fused-ring (bicyclic) bond motifs is 1. The number of carbonyl (C=O) groups is 1. The summed E-state index contributed by atoms with van der Waals surface area (Å²) in [5.74, 6) is 1.71. The van der Waals surface area contributed by atoms with Gasteiger partial charge in [-0.05, 0) is 18.2 Å². The van der Waals surface area contributed by atoms with Crippen molar-refractivity contribution in [1.82, 2.24) is 0 Å². The van der Waals surface area contributed by atoms with Crippen LogP contribution in [0.15, 0.2) is 48.5 Å². The molecule has 4 nitrogen and oxygen atoms in total. The Morgan fingerprint density at radius 1 is 1.29 bits per heavy atom. The van der Waals surface area contributed by atoms with Crippen molar-refractivity contribution in [2.24, 2.45) is 0 Å². The zero-order chi connectivity index (χ0) is 14.7. The number of amides is 1. The van der Waals surface area contributed by atoms with Gasteiger partial charge in [-0.1, -0.05) is 24.3 Å². The molecule has 1 unspecified atom stereocenters. The van der Waals surface area contributed by atoms with Gasteiger partial charge in [0.25, 0.3) is 0 Å². The average molecular weight is 283 g/mol. The molecule has 0 fully saturated rings. The SMILES string of the molecule is COc1cccc(NC(=O)CC2COc3ccccc32)c1. The average Bonchev–Trinajstić information content (AvgIpc) is 2.91. The van der Waals surface area contributed by atoms with Crippen LogP contribution in [0.25, 0.3) is 0 Å². The van der Waals surface area contributed by atoms with E-state index < -0.39 is 0 Å². The summed E-state index contributed by atoms with van der Waals surface area (Å²) in [5.41, 5.74) is 1.85. The lowest BCUT2D eigenvalue weighted by Crippen LogP contribution is -2.16. The van der Waals surface area contributed by atoms with Crippen molar-refractivity contribution in [3.63, 3.8) is 0 Å².